The number of fused-ring (bicyclic) bond motifs is 1. The van der Waals surface area contributed by atoms with Crippen molar-refractivity contribution in [1.29, 1.82) is 0 Å². The number of urea groups is 1. The van der Waals surface area contributed by atoms with Crippen LogP contribution in [0.2, 0.25) is 0 Å². The quantitative estimate of drug-likeness (QED) is 0.651. The standard InChI is InChI=1S/C21H25N3O3S2/c25-18(26)13-28-19-12-22-20(29-19)23-21(27)24(16-8-2-1-3-9-16)17-10-14-6-4-5-7-15(14)11-17/h4-7,12,16-17H,1-3,8-11,13H2,(H,25,26)(H,22,23,27). The lowest BCUT2D eigenvalue weighted by atomic mass is 9.93. The summed E-state index contributed by atoms with van der Waals surface area (Å²) in [7, 11) is 0. The summed E-state index contributed by atoms with van der Waals surface area (Å²) in [4.78, 5) is 30.4. The molecule has 0 aliphatic heterocycles. The Hall–Kier alpha value is -2.06. The Bertz CT molecular complexity index is 855. The zero-order valence-corrected chi connectivity index (χ0v) is 17.8. The Balaban J connectivity index is 1.47. The van der Waals surface area contributed by atoms with Gasteiger partial charge in [0.25, 0.3) is 0 Å². The number of rotatable bonds is 6. The first kappa shape index (κ1) is 20.2. The minimum Gasteiger partial charge on any atom is -0.481 e. The molecule has 0 bridgehead atoms. The molecular weight excluding hydrogens is 406 g/mol. The largest absolute Gasteiger partial charge is 0.481 e. The lowest BCUT2D eigenvalue weighted by Gasteiger charge is -2.38. The molecule has 1 aromatic heterocycles. The topological polar surface area (TPSA) is 82.5 Å². The van der Waals surface area contributed by atoms with Crippen LogP contribution >= 0.6 is 23.1 Å². The number of thiazole rings is 1. The average Bonchev–Trinajstić information content (AvgIpc) is 3.34. The minimum absolute atomic E-state index is 0.00981. The first-order valence-electron chi connectivity index (χ1n) is 10.1. The number of thioether (sulfide) groups is 1. The fourth-order valence-corrected chi connectivity index (χ4v) is 5.98. The number of amides is 2. The molecule has 2 N–H and O–H groups in total. The maximum absolute atomic E-state index is 13.3. The normalized spacial score (nSPS) is 17.1. The number of hydrogen-bond acceptors (Lipinski definition) is 5. The van der Waals surface area contributed by atoms with Gasteiger partial charge in [0, 0.05) is 12.1 Å². The Morgan fingerprint density at radius 3 is 2.48 bits per heavy atom. The Labute approximate surface area is 178 Å². The molecule has 4 rings (SSSR count). The van der Waals surface area contributed by atoms with E-state index in [1.807, 2.05) is 0 Å². The lowest BCUT2D eigenvalue weighted by Crippen LogP contribution is -2.50. The molecule has 2 aromatic rings. The van der Waals surface area contributed by atoms with Crippen LogP contribution in [0.15, 0.2) is 34.7 Å². The Morgan fingerprint density at radius 1 is 1.14 bits per heavy atom. The summed E-state index contributed by atoms with van der Waals surface area (Å²) in [5.41, 5.74) is 2.68. The van der Waals surface area contributed by atoms with Crippen LogP contribution in [-0.4, -0.2) is 44.8 Å². The van der Waals surface area contributed by atoms with E-state index in [1.54, 1.807) is 6.20 Å². The van der Waals surface area contributed by atoms with Gasteiger partial charge in [-0.3, -0.25) is 10.1 Å². The summed E-state index contributed by atoms with van der Waals surface area (Å²) in [6, 6.07) is 8.83. The predicted octanol–water partition coefficient (Wildman–Crippen LogP) is 4.65. The smallest absolute Gasteiger partial charge is 0.324 e. The van der Waals surface area contributed by atoms with Crippen molar-refractivity contribution in [2.45, 2.75) is 61.2 Å². The highest BCUT2D eigenvalue weighted by Gasteiger charge is 2.35. The molecule has 0 saturated heterocycles. The lowest BCUT2D eigenvalue weighted by molar-refractivity contribution is -0.133. The number of anilines is 1. The molecule has 1 aromatic carbocycles. The monoisotopic (exact) mass is 431 g/mol. The van der Waals surface area contributed by atoms with Crippen molar-refractivity contribution in [2.75, 3.05) is 11.1 Å². The second kappa shape index (κ2) is 9.17. The maximum atomic E-state index is 13.3. The summed E-state index contributed by atoms with van der Waals surface area (Å²) in [6.07, 6.45) is 9.12. The van der Waals surface area contributed by atoms with Gasteiger partial charge in [-0.25, -0.2) is 9.78 Å². The zero-order chi connectivity index (χ0) is 20.2. The summed E-state index contributed by atoms with van der Waals surface area (Å²) in [5.74, 6) is -0.873. The highest BCUT2D eigenvalue weighted by molar-refractivity contribution is 8.01. The molecule has 2 aliphatic rings. The van der Waals surface area contributed by atoms with Crippen molar-refractivity contribution in [2.24, 2.45) is 0 Å². The van der Waals surface area contributed by atoms with Gasteiger partial charge in [0.2, 0.25) is 0 Å². The van der Waals surface area contributed by atoms with Crippen molar-refractivity contribution in [1.82, 2.24) is 9.88 Å². The predicted molar refractivity (Wildman–Crippen MR) is 116 cm³/mol. The minimum atomic E-state index is -0.863. The van der Waals surface area contributed by atoms with Crippen molar-refractivity contribution in [3.8, 4) is 0 Å². The van der Waals surface area contributed by atoms with Crippen molar-refractivity contribution in [3.63, 3.8) is 0 Å². The molecule has 0 unspecified atom stereocenters. The van der Waals surface area contributed by atoms with Gasteiger partial charge < -0.3 is 10.0 Å². The van der Waals surface area contributed by atoms with E-state index >= 15 is 0 Å². The van der Waals surface area contributed by atoms with E-state index < -0.39 is 5.97 Å². The van der Waals surface area contributed by atoms with Crippen LogP contribution in [0.4, 0.5) is 9.93 Å². The van der Waals surface area contributed by atoms with Crippen LogP contribution < -0.4 is 5.32 Å². The van der Waals surface area contributed by atoms with E-state index in [0.29, 0.717) is 5.13 Å². The number of carboxylic acid groups (broad SMARTS) is 1. The van der Waals surface area contributed by atoms with Crippen molar-refractivity contribution < 1.29 is 14.7 Å². The fourth-order valence-electron chi connectivity index (χ4n) is 4.39. The van der Waals surface area contributed by atoms with E-state index in [2.05, 4.69) is 39.5 Å². The average molecular weight is 432 g/mol. The number of carbonyl (C=O) groups excluding carboxylic acids is 1. The van der Waals surface area contributed by atoms with Gasteiger partial charge >= 0.3 is 12.0 Å². The van der Waals surface area contributed by atoms with Crippen LogP contribution in [0.5, 0.6) is 0 Å². The summed E-state index contributed by atoms with van der Waals surface area (Å²) in [6.45, 7) is 0. The summed E-state index contributed by atoms with van der Waals surface area (Å²) >= 11 is 2.55. The number of carbonyl (C=O) groups is 2. The molecule has 2 aliphatic carbocycles. The van der Waals surface area contributed by atoms with Gasteiger partial charge in [-0.1, -0.05) is 54.9 Å². The second-order valence-corrected chi connectivity index (χ2v) is 9.93. The van der Waals surface area contributed by atoms with Crippen molar-refractivity contribution in [3.05, 3.63) is 41.6 Å². The molecule has 1 saturated carbocycles. The molecule has 1 heterocycles. The number of aliphatic carboxylic acids is 1. The number of hydrogen-bond donors (Lipinski definition) is 2. The molecule has 0 atom stereocenters. The molecule has 29 heavy (non-hydrogen) atoms. The second-order valence-electron chi connectivity index (χ2n) is 7.63. The summed E-state index contributed by atoms with van der Waals surface area (Å²) < 4.78 is 0.792. The Kier molecular flexibility index (Phi) is 6.40. The van der Waals surface area contributed by atoms with Crippen LogP contribution in [0, 0.1) is 0 Å². The van der Waals surface area contributed by atoms with Gasteiger partial charge in [-0.15, -0.1) is 11.8 Å². The van der Waals surface area contributed by atoms with E-state index in [-0.39, 0.29) is 23.9 Å². The third-order valence-corrected chi connectivity index (χ3v) is 7.75. The molecule has 8 heteroatoms. The van der Waals surface area contributed by atoms with Gasteiger partial charge in [0.1, 0.15) is 0 Å². The fraction of sp³-hybridized carbons (Fsp3) is 0.476. The van der Waals surface area contributed by atoms with Gasteiger partial charge in [0.05, 0.1) is 16.2 Å². The van der Waals surface area contributed by atoms with Gasteiger partial charge in [-0.05, 0) is 36.8 Å². The van der Waals surface area contributed by atoms with E-state index in [1.165, 1.54) is 53.5 Å². The molecule has 154 valence electrons. The molecule has 2 amide bonds. The van der Waals surface area contributed by atoms with Gasteiger partial charge in [-0.2, -0.15) is 0 Å². The van der Waals surface area contributed by atoms with Crippen LogP contribution in [0.1, 0.15) is 43.2 Å². The zero-order valence-electron chi connectivity index (χ0n) is 16.2. The first-order valence-corrected chi connectivity index (χ1v) is 11.9. The van der Waals surface area contributed by atoms with Crippen molar-refractivity contribution >= 4 is 40.2 Å². The molecule has 0 spiro atoms. The third-order valence-electron chi connectivity index (χ3n) is 5.66. The number of nitrogens with zero attached hydrogens (tertiary/aromatic N) is 2. The van der Waals surface area contributed by atoms with Gasteiger partial charge in [0.15, 0.2) is 5.13 Å². The summed E-state index contributed by atoms with van der Waals surface area (Å²) in [5, 5.41) is 12.3. The van der Waals surface area contributed by atoms with E-state index in [0.717, 1.165) is 29.9 Å². The Morgan fingerprint density at radius 2 is 1.83 bits per heavy atom. The number of nitrogens with one attached hydrogen (secondary N) is 1. The molecule has 1 fully saturated rings. The van der Waals surface area contributed by atoms with Crippen LogP contribution in [0.25, 0.3) is 0 Å². The van der Waals surface area contributed by atoms with E-state index in [9.17, 15) is 9.59 Å². The first-order chi connectivity index (χ1) is 14.1. The highest BCUT2D eigenvalue weighted by Crippen LogP contribution is 2.33. The highest BCUT2D eigenvalue weighted by atomic mass is 32.2. The molecule has 0 radical (unpaired) electrons. The maximum Gasteiger partial charge on any atom is 0.324 e. The number of aromatic nitrogens is 1. The SMILES string of the molecule is O=C(O)CSc1cnc(NC(=O)N(C2CCCCC2)C2Cc3ccccc3C2)s1. The molecule has 6 nitrogen and oxygen atoms in total. The molecular formula is C21H25N3O3S2. The number of benzene rings is 1. The number of carboxylic acids is 1. The van der Waals surface area contributed by atoms with E-state index in [4.69, 9.17) is 5.11 Å². The van der Waals surface area contributed by atoms with Crippen LogP contribution in [0.3, 0.4) is 0 Å². The van der Waals surface area contributed by atoms with Crippen LogP contribution in [-0.2, 0) is 17.6 Å². The third kappa shape index (κ3) is 4.93.